The Morgan fingerprint density at radius 1 is 1.33 bits per heavy atom. The maximum atomic E-state index is 12.4. The summed E-state index contributed by atoms with van der Waals surface area (Å²) in [6.45, 7) is 6.85. The summed E-state index contributed by atoms with van der Waals surface area (Å²) in [5.41, 5.74) is 0.296. The van der Waals surface area contributed by atoms with Crippen LogP contribution in [0.3, 0.4) is 0 Å². The molecule has 0 unspecified atom stereocenters. The van der Waals surface area contributed by atoms with E-state index in [9.17, 15) is 4.79 Å². The number of nitrogens with zero attached hydrogens (tertiary/aromatic N) is 2. The first kappa shape index (κ1) is 18.4. The van der Waals surface area contributed by atoms with Gasteiger partial charge in [0.15, 0.2) is 0 Å². The summed E-state index contributed by atoms with van der Waals surface area (Å²) in [6, 6.07) is 10.3. The number of rotatable bonds is 6. The topological polar surface area (TPSA) is 65.9 Å². The summed E-state index contributed by atoms with van der Waals surface area (Å²) in [5.74, 6) is 0. The van der Waals surface area contributed by atoms with Gasteiger partial charge in [0.1, 0.15) is 5.60 Å². The van der Waals surface area contributed by atoms with Crippen LogP contribution >= 0.6 is 0 Å². The molecular weight excluding hydrogens is 306 g/mol. The van der Waals surface area contributed by atoms with Gasteiger partial charge < -0.3 is 19.8 Å². The zero-order valence-corrected chi connectivity index (χ0v) is 14.7. The molecule has 132 valence electrons. The Balaban J connectivity index is 2.11. The molecule has 0 aliphatic carbocycles. The molecular formula is C18H27N3O3. The molecule has 1 heterocycles. The summed E-state index contributed by atoms with van der Waals surface area (Å²) in [4.78, 5) is 16.5. The Morgan fingerprint density at radius 2 is 2.04 bits per heavy atom. The van der Waals surface area contributed by atoms with Crippen LogP contribution in [-0.4, -0.2) is 67.6 Å². The fraction of sp³-hybridized carbons (Fsp3) is 0.556. The molecule has 6 heteroatoms. The van der Waals surface area contributed by atoms with Gasteiger partial charge in [0.05, 0.1) is 12.6 Å². The number of amides is 1. The highest BCUT2D eigenvalue weighted by molar-refractivity contribution is 5.74. The summed E-state index contributed by atoms with van der Waals surface area (Å²) < 4.78 is 10.6. The SMILES string of the molecule is COCCN1CCN(C(=O)OC(C)(C)C=N)C[C@@H]1c1ccccc1. The van der Waals surface area contributed by atoms with E-state index >= 15 is 0 Å². The van der Waals surface area contributed by atoms with Gasteiger partial charge in [-0.25, -0.2) is 4.79 Å². The number of carbonyl (C=O) groups excluding carboxylic acids is 1. The van der Waals surface area contributed by atoms with Crippen molar-refractivity contribution < 1.29 is 14.3 Å². The minimum absolute atomic E-state index is 0.116. The predicted molar refractivity (Wildman–Crippen MR) is 93.5 cm³/mol. The maximum Gasteiger partial charge on any atom is 0.410 e. The zero-order valence-electron chi connectivity index (χ0n) is 14.7. The first-order valence-electron chi connectivity index (χ1n) is 8.24. The molecule has 1 aromatic rings. The molecule has 1 aliphatic rings. The van der Waals surface area contributed by atoms with Gasteiger partial charge >= 0.3 is 6.09 Å². The van der Waals surface area contributed by atoms with Crippen LogP contribution in [-0.2, 0) is 9.47 Å². The Labute approximate surface area is 143 Å². The molecule has 0 aromatic heterocycles. The van der Waals surface area contributed by atoms with Crippen LogP contribution in [0.1, 0.15) is 25.5 Å². The van der Waals surface area contributed by atoms with E-state index in [0.29, 0.717) is 19.7 Å². The number of piperazine rings is 1. The molecule has 0 bridgehead atoms. The molecule has 0 spiro atoms. The molecule has 1 aromatic carbocycles. The lowest BCUT2D eigenvalue weighted by atomic mass is 10.0. The van der Waals surface area contributed by atoms with Crippen LogP contribution in [0.15, 0.2) is 30.3 Å². The highest BCUT2D eigenvalue weighted by Gasteiger charge is 2.33. The lowest BCUT2D eigenvalue weighted by molar-refractivity contribution is 0.0164. The van der Waals surface area contributed by atoms with Gasteiger partial charge in [-0.05, 0) is 19.4 Å². The van der Waals surface area contributed by atoms with Gasteiger partial charge in [0.25, 0.3) is 0 Å². The molecule has 2 rings (SSSR count). The van der Waals surface area contributed by atoms with Crippen molar-refractivity contribution in [2.24, 2.45) is 0 Å². The van der Waals surface area contributed by atoms with Crippen LogP contribution in [0.5, 0.6) is 0 Å². The standard InChI is InChI=1S/C18H27N3O3/c1-18(2,14-19)24-17(22)21-10-9-20(11-12-23-3)16(13-21)15-7-5-4-6-8-15/h4-8,14,16,19H,9-13H2,1-3H3/t16-/m1/s1. The number of ether oxygens (including phenoxy) is 2. The first-order chi connectivity index (χ1) is 11.5. The van der Waals surface area contributed by atoms with Crippen molar-refractivity contribution in [1.29, 1.82) is 5.41 Å². The van der Waals surface area contributed by atoms with E-state index in [1.165, 1.54) is 5.56 Å². The number of nitrogens with one attached hydrogen (secondary N) is 1. The molecule has 1 N–H and O–H groups in total. The number of methoxy groups -OCH3 is 1. The van der Waals surface area contributed by atoms with Gasteiger partial charge in [-0.2, -0.15) is 0 Å². The average Bonchev–Trinajstić information content (AvgIpc) is 2.60. The monoisotopic (exact) mass is 333 g/mol. The molecule has 1 aliphatic heterocycles. The summed E-state index contributed by atoms with van der Waals surface area (Å²) in [5, 5.41) is 7.35. The molecule has 24 heavy (non-hydrogen) atoms. The summed E-state index contributed by atoms with van der Waals surface area (Å²) in [6.07, 6.45) is 0.782. The van der Waals surface area contributed by atoms with Crippen LogP contribution in [0.25, 0.3) is 0 Å². The molecule has 1 saturated heterocycles. The number of hydrogen-bond acceptors (Lipinski definition) is 5. The number of benzene rings is 1. The van der Waals surface area contributed by atoms with Gasteiger partial charge in [-0.15, -0.1) is 0 Å². The van der Waals surface area contributed by atoms with E-state index < -0.39 is 5.60 Å². The highest BCUT2D eigenvalue weighted by atomic mass is 16.6. The fourth-order valence-corrected chi connectivity index (χ4v) is 2.77. The zero-order chi connectivity index (χ0) is 17.6. The van der Waals surface area contributed by atoms with E-state index in [-0.39, 0.29) is 12.1 Å². The fourth-order valence-electron chi connectivity index (χ4n) is 2.77. The third-order valence-electron chi connectivity index (χ3n) is 4.21. The van der Waals surface area contributed by atoms with Crippen molar-refractivity contribution in [2.75, 3.05) is 39.9 Å². The lowest BCUT2D eigenvalue weighted by Gasteiger charge is -2.41. The van der Waals surface area contributed by atoms with E-state index in [0.717, 1.165) is 19.3 Å². The molecule has 0 saturated carbocycles. The van der Waals surface area contributed by atoms with Gasteiger partial charge in [-0.3, -0.25) is 4.90 Å². The third-order valence-corrected chi connectivity index (χ3v) is 4.21. The summed E-state index contributed by atoms with van der Waals surface area (Å²) >= 11 is 0. The second kappa shape index (κ2) is 8.26. The number of hydrogen-bond donors (Lipinski definition) is 1. The third kappa shape index (κ3) is 4.79. The van der Waals surface area contributed by atoms with E-state index in [1.807, 2.05) is 18.2 Å². The van der Waals surface area contributed by atoms with Crippen molar-refractivity contribution in [2.45, 2.75) is 25.5 Å². The molecule has 1 atom stereocenters. The van der Waals surface area contributed by atoms with Gasteiger partial charge in [-0.1, -0.05) is 30.3 Å². The Morgan fingerprint density at radius 3 is 2.67 bits per heavy atom. The normalized spacial score (nSPS) is 19.1. The van der Waals surface area contributed by atoms with Crippen LogP contribution in [0, 0.1) is 5.41 Å². The van der Waals surface area contributed by atoms with Crippen molar-refractivity contribution in [3.05, 3.63) is 35.9 Å². The largest absolute Gasteiger partial charge is 0.438 e. The minimum atomic E-state index is -0.882. The van der Waals surface area contributed by atoms with E-state index in [1.54, 1.807) is 25.9 Å². The molecule has 6 nitrogen and oxygen atoms in total. The second-order valence-electron chi connectivity index (χ2n) is 6.52. The molecule has 1 amide bonds. The maximum absolute atomic E-state index is 12.4. The van der Waals surface area contributed by atoms with Gasteiger partial charge in [0.2, 0.25) is 0 Å². The van der Waals surface area contributed by atoms with Crippen molar-refractivity contribution in [3.63, 3.8) is 0 Å². The molecule has 0 radical (unpaired) electrons. The quantitative estimate of drug-likeness (QED) is 0.813. The second-order valence-corrected chi connectivity index (χ2v) is 6.52. The predicted octanol–water partition coefficient (Wildman–Crippen LogP) is 2.56. The summed E-state index contributed by atoms with van der Waals surface area (Å²) in [7, 11) is 1.70. The Bertz CT molecular complexity index is 548. The van der Waals surface area contributed by atoms with Crippen LogP contribution in [0.4, 0.5) is 4.79 Å². The van der Waals surface area contributed by atoms with Crippen molar-refractivity contribution >= 4 is 12.3 Å². The average molecular weight is 333 g/mol. The lowest BCUT2D eigenvalue weighted by Crippen LogP contribution is -2.52. The smallest absolute Gasteiger partial charge is 0.410 e. The van der Waals surface area contributed by atoms with Crippen molar-refractivity contribution in [1.82, 2.24) is 9.80 Å². The highest BCUT2D eigenvalue weighted by Crippen LogP contribution is 2.26. The minimum Gasteiger partial charge on any atom is -0.438 e. The van der Waals surface area contributed by atoms with E-state index in [4.69, 9.17) is 14.9 Å². The van der Waals surface area contributed by atoms with Crippen molar-refractivity contribution in [3.8, 4) is 0 Å². The first-order valence-corrected chi connectivity index (χ1v) is 8.24. The van der Waals surface area contributed by atoms with Crippen LogP contribution in [0.2, 0.25) is 0 Å². The Hall–Kier alpha value is -1.92. The van der Waals surface area contributed by atoms with Crippen LogP contribution < -0.4 is 0 Å². The number of carbonyl (C=O) groups is 1. The Kier molecular flexibility index (Phi) is 6.34. The van der Waals surface area contributed by atoms with E-state index in [2.05, 4.69) is 17.0 Å². The molecule has 1 fully saturated rings. The van der Waals surface area contributed by atoms with Gasteiger partial charge in [0, 0.05) is 39.5 Å².